The molecular formula is C19H19NO6. The highest BCUT2D eigenvalue weighted by Crippen LogP contribution is 2.41. The topological polar surface area (TPSA) is 100 Å². The highest BCUT2D eigenvalue weighted by atomic mass is 16.5. The predicted molar refractivity (Wildman–Crippen MR) is 91.6 cm³/mol. The van der Waals surface area contributed by atoms with Crippen LogP contribution in [0.4, 0.5) is 0 Å². The van der Waals surface area contributed by atoms with Gasteiger partial charge in [0.2, 0.25) is 0 Å². The Kier molecular flexibility index (Phi) is 4.71. The lowest BCUT2D eigenvalue weighted by molar-refractivity contribution is -0.130. The molecule has 2 heterocycles. The van der Waals surface area contributed by atoms with Gasteiger partial charge >= 0.3 is 0 Å². The minimum Gasteiger partial charge on any atom is -0.504 e. The summed E-state index contributed by atoms with van der Waals surface area (Å²) in [6.07, 6.45) is 1.62. The number of furan rings is 1. The van der Waals surface area contributed by atoms with E-state index in [9.17, 15) is 19.8 Å². The number of amides is 1. The second-order valence-electron chi connectivity index (χ2n) is 5.89. The molecule has 1 aromatic carbocycles. The molecule has 2 N–H and O–H groups in total. The number of benzene rings is 1. The van der Waals surface area contributed by atoms with Crippen molar-refractivity contribution >= 4 is 11.7 Å². The third-order valence-corrected chi connectivity index (χ3v) is 4.35. The Morgan fingerprint density at radius 3 is 2.65 bits per heavy atom. The van der Waals surface area contributed by atoms with Crippen molar-refractivity contribution in [3.05, 3.63) is 59.3 Å². The zero-order valence-electron chi connectivity index (χ0n) is 14.4. The van der Waals surface area contributed by atoms with Gasteiger partial charge in [0.15, 0.2) is 23.0 Å². The van der Waals surface area contributed by atoms with Crippen molar-refractivity contribution in [2.75, 3.05) is 7.11 Å². The van der Waals surface area contributed by atoms with Crippen LogP contribution in [0.15, 0.2) is 52.3 Å². The van der Waals surface area contributed by atoms with Gasteiger partial charge in [-0.3, -0.25) is 9.59 Å². The second kappa shape index (κ2) is 6.95. The molecule has 1 aliphatic heterocycles. The van der Waals surface area contributed by atoms with Gasteiger partial charge in [0.1, 0.15) is 5.76 Å². The van der Waals surface area contributed by atoms with E-state index < -0.39 is 17.7 Å². The Hall–Kier alpha value is -3.22. The van der Waals surface area contributed by atoms with Gasteiger partial charge in [0, 0.05) is 6.42 Å². The Labute approximate surface area is 150 Å². The van der Waals surface area contributed by atoms with Crippen LogP contribution in [-0.4, -0.2) is 33.9 Å². The Morgan fingerprint density at radius 2 is 2.08 bits per heavy atom. The number of nitrogens with zero attached hydrogens (tertiary/aromatic N) is 1. The van der Waals surface area contributed by atoms with Crippen molar-refractivity contribution in [1.29, 1.82) is 0 Å². The van der Waals surface area contributed by atoms with E-state index in [2.05, 4.69) is 0 Å². The summed E-state index contributed by atoms with van der Waals surface area (Å²) in [5.74, 6) is -0.892. The molecule has 7 nitrogen and oxygen atoms in total. The molecule has 1 atom stereocenters. The highest BCUT2D eigenvalue weighted by molar-refractivity contribution is 6.08. The summed E-state index contributed by atoms with van der Waals surface area (Å²) in [6.45, 7) is 1.73. The first kappa shape index (κ1) is 17.6. The lowest BCUT2D eigenvalue weighted by atomic mass is 9.94. The summed E-state index contributed by atoms with van der Waals surface area (Å²) in [5, 5.41) is 20.4. The smallest absolute Gasteiger partial charge is 0.290 e. The van der Waals surface area contributed by atoms with Crippen LogP contribution >= 0.6 is 0 Å². The zero-order chi connectivity index (χ0) is 18.8. The first-order chi connectivity index (χ1) is 12.5. The summed E-state index contributed by atoms with van der Waals surface area (Å²) in [7, 11) is 1.43. The molecular weight excluding hydrogens is 338 g/mol. The van der Waals surface area contributed by atoms with Crippen molar-refractivity contribution in [2.45, 2.75) is 25.9 Å². The number of hydrogen-bond acceptors (Lipinski definition) is 6. The standard InChI is InChI=1S/C19H19NO6/c1-3-13(21)16-17(11-6-7-15(25-2)14(22)9-11)20(19(24)18(16)23)10-12-5-4-8-26-12/h4-9,17,22-23H,3,10H2,1-2H3. The number of aromatic hydroxyl groups is 1. The zero-order valence-corrected chi connectivity index (χ0v) is 14.4. The number of aliphatic hydroxyl groups is 1. The molecule has 0 fully saturated rings. The lowest BCUT2D eigenvalue weighted by Gasteiger charge is -2.26. The van der Waals surface area contributed by atoms with Gasteiger partial charge in [-0.15, -0.1) is 0 Å². The maximum atomic E-state index is 12.6. The van der Waals surface area contributed by atoms with E-state index in [4.69, 9.17) is 9.15 Å². The third-order valence-electron chi connectivity index (χ3n) is 4.35. The molecule has 3 rings (SSSR count). The molecule has 1 aromatic heterocycles. The quantitative estimate of drug-likeness (QED) is 0.824. The van der Waals surface area contributed by atoms with Crippen molar-refractivity contribution in [3.8, 4) is 11.5 Å². The summed E-state index contributed by atoms with van der Waals surface area (Å²) >= 11 is 0. The normalized spacial score (nSPS) is 17.1. The number of hydrogen-bond donors (Lipinski definition) is 2. The molecule has 0 saturated carbocycles. The molecule has 0 bridgehead atoms. The number of carbonyl (C=O) groups is 2. The van der Waals surface area contributed by atoms with Crippen LogP contribution in [-0.2, 0) is 16.1 Å². The van der Waals surface area contributed by atoms with E-state index in [1.807, 2.05) is 0 Å². The van der Waals surface area contributed by atoms with Crippen molar-refractivity contribution in [3.63, 3.8) is 0 Å². The minimum atomic E-state index is -0.822. The molecule has 0 radical (unpaired) electrons. The van der Waals surface area contributed by atoms with Crippen LogP contribution < -0.4 is 4.74 Å². The van der Waals surface area contributed by atoms with Gasteiger partial charge in [-0.1, -0.05) is 13.0 Å². The lowest BCUT2D eigenvalue weighted by Crippen LogP contribution is -2.30. The molecule has 2 aromatic rings. The molecule has 1 amide bonds. The summed E-state index contributed by atoms with van der Waals surface area (Å²) < 4.78 is 10.3. The van der Waals surface area contributed by atoms with Crippen LogP contribution in [0.5, 0.6) is 11.5 Å². The second-order valence-corrected chi connectivity index (χ2v) is 5.89. The largest absolute Gasteiger partial charge is 0.504 e. The highest BCUT2D eigenvalue weighted by Gasteiger charge is 2.43. The van der Waals surface area contributed by atoms with Crippen LogP contribution in [0, 0.1) is 0 Å². The Bertz CT molecular complexity index is 868. The van der Waals surface area contributed by atoms with E-state index >= 15 is 0 Å². The molecule has 0 spiro atoms. The molecule has 0 aliphatic carbocycles. The molecule has 0 saturated heterocycles. The number of methoxy groups -OCH3 is 1. The Balaban J connectivity index is 2.08. The van der Waals surface area contributed by atoms with Crippen LogP contribution in [0.25, 0.3) is 0 Å². The van der Waals surface area contributed by atoms with Crippen LogP contribution in [0.1, 0.15) is 30.7 Å². The van der Waals surface area contributed by atoms with Gasteiger partial charge in [-0.05, 0) is 29.8 Å². The number of carbonyl (C=O) groups excluding carboxylic acids is 2. The van der Waals surface area contributed by atoms with Gasteiger partial charge in [0.05, 0.1) is 31.5 Å². The average molecular weight is 357 g/mol. The fourth-order valence-electron chi connectivity index (χ4n) is 3.09. The minimum absolute atomic E-state index is 0.0219. The fourth-order valence-corrected chi connectivity index (χ4v) is 3.09. The number of phenols is 1. The third kappa shape index (κ3) is 2.92. The SMILES string of the molecule is CCC(=O)C1=C(O)C(=O)N(Cc2ccco2)C1c1ccc(OC)c(O)c1. The van der Waals surface area contributed by atoms with Crippen molar-refractivity contribution in [2.24, 2.45) is 0 Å². The van der Waals surface area contributed by atoms with E-state index in [1.54, 1.807) is 31.2 Å². The van der Waals surface area contributed by atoms with E-state index in [0.29, 0.717) is 11.3 Å². The van der Waals surface area contributed by atoms with Crippen molar-refractivity contribution < 1.29 is 29.0 Å². The molecule has 7 heteroatoms. The molecule has 136 valence electrons. The van der Waals surface area contributed by atoms with E-state index in [1.165, 1.54) is 24.3 Å². The number of ether oxygens (including phenoxy) is 1. The first-order valence-corrected chi connectivity index (χ1v) is 8.14. The summed E-state index contributed by atoms with van der Waals surface area (Å²) in [6, 6.07) is 7.18. The molecule has 26 heavy (non-hydrogen) atoms. The van der Waals surface area contributed by atoms with Gasteiger partial charge in [0.25, 0.3) is 5.91 Å². The fraction of sp³-hybridized carbons (Fsp3) is 0.263. The number of Topliss-reactive ketones (excluding diaryl/α,β-unsaturated/α-hetero) is 1. The Morgan fingerprint density at radius 1 is 1.31 bits per heavy atom. The van der Waals surface area contributed by atoms with Gasteiger partial charge in [-0.2, -0.15) is 0 Å². The van der Waals surface area contributed by atoms with E-state index in [0.717, 1.165) is 0 Å². The van der Waals surface area contributed by atoms with Crippen LogP contribution in [0.2, 0.25) is 0 Å². The maximum Gasteiger partial charge on any atom is 0.290 e. The summed E-state index contributed by atoms with van der Waals surface area (Å²) in [4.78, 5) is 26.3. The average Bonchev–Trinajstić information content (AvgIpc) is 3.23. The molecule has 1 aliphatic rings. The number of ketones is 1. The van der Waals surface area contributed by atoms with E-state index in [-0.39, 0.29) is 35.8 Å². The number of rotatable bonds is 6. The van der Waals surface area contributed by atoms with Gasteiger partial charge in [-0.25, -0.2) is 0 Å². The maximum absolute atomic E-state index is 12.6. The number of aliphatic hydroxyl groups excluding tert-OH is 1. The monoisotopic (exact) mass is 357 g/mol. The van der Waals surface area contributed by atoms with Crippen LogP contribution in [0.3, 0.4) is 0 Å². The van der Waals surface area contributed by atoms with Crippen molar-refractivity contribution in [1.82, 2.24) is 4.90 Å². The first-order valence-electron chi connectivity index (χ1n) is 8.14. The molecule has 1 unspecified atom stereocenters. The number of phenolic OH excluding ortho intramolecular Hbond substituents is 1. The summed E-state index contributed by atoms with van der Waals surface area (Å²) in [5.41, 5.74) is 0.512. The predicted octanol–water partition coefficient (Wildman–Crippen LogP) is 2.87. The van der Waals surface area contributed by atoms with Gasteiger partial charge < -0.3 is 24.3 Å².